The lowest BCUT2D eigenvalue weighted by Crippen LogP contribution is -2.20. The van der Waals surface area contributed by atoms with Crippen molar-refractivity contribution in [1.29, 1.82) is 0 Å². The number of hydrogen-bond donors (Lipinski definition) is 3. The van der Waals surface area contributed by atoms with E-state index in [2.05, 4.69) is 27.5 Å². The Labute approximate surface area is 115 Å². The molecule has 1 aromatic heterocycles. The van der Waals surface area contributed by atoms with Crippen LogP contribution in [-0.2, 0) is 0 Å². The van der Waals surface area contributed by atoms with Crippen LogP contribution in [0.25, 0.3) is 0 Å². The summed E-state index contributed by atoms with van der Waals surface area (Å²) in [5.74, 6) is 2.58. The summed E-state index contributed by atoms with van der Waals surface area (Å²) in [5, 5.41) is 6.76. The van der Waals surface area contributed by atoms with Gasteiger partial charge in [-0.2, -0.15) is 0 Å². The number of rotatable bonds is 7. The quantitative estimate of drug-likeness (QED) is 0.703. The van der Waals surface area contributed by atoms with Crippen LogP contribution in [0, 0.1) is 5.92 Å². The fourth-order valence-electron chi connectivity index (χ4n) is 2.57. The third-order valence-corrected chi connectivity index (χ3v) is 3.71. The third kappa shape index (κ3) is 4.67. The van der Waals surface area contributed by atoms with E-state index < -0.39 is 0 Å². The first-order chi connectivity index (χ1) is 9.28. The maximum Gasteiger partial charge on any atom is 0.131 e. The molecule has 0 amide bonds. The lowest BCUT2D eigenvalue weighted by molar-refractivity contribution is 0.579. The SMILES string of the molecule is CC(CCN)Nc1cc(NCC2CCCC2)ncn1. The third-order valence-electron chi connectivity index (χ3n) is 3.71. The minimum atomic E-state index is 0.336. The van der Waals surface area contributed by atoms with Gasteiger partial charge in [0.25, 0.3) is 0 Å². The fourth-order valence-corrected chi connectivity index (χ4v) is 2.57. The van der Waals surface area contributed by atoms with Crippen LogP contribution < -0.4 is 16.4 Å². The van der Waals surface area contributed by atoms with E-state index in [1.807, 2.05) is 6.07 Å². The van der Waals surface area contributed by atoms with Gasteiger partial charge in [-0.25, -0.2) is 9.97 Å². The standard InChI is InChI=1S/C14H25N5/c1-11(6-7-15)19-14-8-13(17-10-18-14)16-9-12-4-2-3-5-12/h8,10-12H,2-7,9,15H2,1H3,(H2,16,17,18,19). The van der Waals surface area contributed by atoms with Gasteiger partial charge in [-0.15, -0.1) is 0 Å². The summed E-state index contributed by atoms with van der Waals surface area (Å²) >= 11 is 0. The highest BCUT2D eigenvalue weighted by Gasteiger charge is 2.14. The maximum absolute atomic E-state index is 5.55. The molecular weight excluding hydrogens is 238 g/mol. The van der Waals surface area contributed by atoms with E-state index in [9.17, 15) is 0 Å². The molecule has 1 atom stereocenters. The van der Waals surface area contributed by atoms with Crippen molar-refractivity contribution < 1.29 is 0 Å². The van der Waals surface area contributed by atoms with Gasteiger partial charge in [-0.1, -0.05) is 12.8 Å². The predicted molar refractivity (Wildman–Crippen MR) is 79.2 cm³/mol. The molecule has 1 aromatic rings. The summed E-state index contributed by atoms with van der Waals surface area (Å²) < 4.78 is 0. The Morgan fingerprint density at radius 2 is 2.05 bits per heavy atom. The van der Waals surface area contributed by atoms with Crippen molar-refractivity contribution in [1.82, 2.24) is 9.97 Å². The summed E-state index contributed by atoms with van der Waals surface area (Å²) in [7, 11) is 0. The van der Waals surface area contributed by atoms with E-state index in [1.54, 1.807) is 6.33 Å². The molecule has 0 aliphatic heterocycles. The van der Waals surface area contributed by atoms with E-state index in [0.717, 1.165) is 30.5 Å². The molecular formula is C14H25N5. The molecule has 0 aromatic carbocycles. The first kappa shape index (κ1) is 14.1. The van der Waals surface area contributed by atoms with Crippen LogP contribution >= 0.6 is 0 Å². The van der Waals surface area contributed by atoms with Crippen LogP contribution in [0.15, 0.2) is 12.4 Å². The van der Waals surface area contributed by atoms with Crippen LogP contribution in [0.2, 0.25) is 0 Å². The average Bonchev–Trinajstić information content (AvgIpc) is 2.90. The van der Waals surface area contributed by atoms with Crippen LogP contribution in [0.1, 0.15) is 39.0 Å². The van der Waals surface area contributed by atoms with Gasteiger partial charge < -0.3 is 16.4 Å². The normalized spacial score (nSPS) is 17.4. The van der Waals surface area contributed by atoms with E-state index >= 15 is 0 Å². The number of nitrogens with one attached hydrogen (secondary N) is 2. The molecule has 2 rings (SSSR count). The molecule has 0 saturated heterocycles. The monoisotopic (exact) mass is 263 g/mol. The van der Waals surface area contributed by atoms with Gasteiger partial charge in [0, 0.05) is 18.7 Å². The molecule has 19 heavy (non-hydrogen) atoms. The maximum atomic E-state index is 5.55. The first-order valence-electron chi connectivity index (χ1n) is 7.30. The molecule has 106 valence electrons. The molecule has 1 heterocycles. The molecule has 5 nitrogen and oxygen atoms in total. The Balaban J connectivity index is 1.83. The summed E-state index contributed by atoms with van der Waals surface area (Å²) in [6.45, 7) is 3.82. The van der Waals surface area contributed by atoms with Crippen molar-refractivity contribution in [2.75, 3.05) is 23.7 Å². The molecule has 1 aliphatic rings. The van der Waals surface area contributed by atoms with Gasteiger partial charge >= 0.3 is 0 Å². The van der Waals surface area contributed by atoms with E-state index in [0.29, 0.717) is 12.6 Å². The number of aromatic nitrogens is 2. The van der Waals surface area contributed by atoms with Crippen molar-refractivity contribution in [2.24, 2.45) is 11.7 Å². The lowest BCUT2D eigenvalue weighted by Gasteiger charge is -2.15. The largest absolute Gasteiger partial charge is 0.370 e. The van der Waals surface area contributed by atoms with Crippen LogP contribution in [0.3, 0.4) is 0 Å². The number of hydrogen-bond acceptors (Lipinski definition) is 5. The second-order valence-electron chi connectivity index (χ2n) is 5.44. The van der Waals surface area contributed by atoms with Crippen molar-refractivity contribution in [2.45, 2.75) is 45.1 Å². The summed E-state index contributed by atoms with van der Waals surface area (Å²) in [6.07, 6.45) is 7.98. The van der Waals surface area contributed by atoms with Crippen molar-refractivity contribution in [3.63, 3.8) is 0 Å². The Morgan fingerprint density at radius 3 is 2.79 bits per heavy atom. The molecule has 1 saturated carbocycles. The van der Waals surface area contributed by atoms with Gasteiger partial charge in [-0.05, 0) is 38.6 Å². The Bertz CT molecular complexity index is 376. The smallest absolute Gasteiger partial charge is 0.131 e. The second-order valence-corrected chi connectivity index (χ2v) is 5.44. The topological polar surface area (TPSA) is 75.9 Å². The second kappa shape index (κ2) is 7.28. The minimum absolute atomic E-state index is 0.336. The summed E-state index contributed by atoms with van der Waals surface area (Å²) in [5.41, 5.74) is 5.55. The number of anilines is 2. The first-order valence-corrected chi connectivity index (χ1v) is 7.30. The predicted octanol–water partition coefficient (Wildman–Crippen LogP) is 2.23. The van der Waals surface area contributed by atoms with Gasteiger partial charge in [0.05, 0.1) is 0 Å². The molecule has 1 unspecified atom stereocenters. The van der Waals surface area contributed by atoms with E-state index in [4.69, 9.17) is 5.73 Å². The van der Waals surface area contributed by atoms with Crippen LogP contribution in [-0.4, -0.2) is 29.1 Å². The average molecular weight is 263 g/mol. The molecule has 0 radical (unpaired) electrons. The number of nitrogens with two attached hydrogens (primary N) is 1. The Morgan fingerprint density at radius 1 is 1.32 bits per heavy atom. The molecule has 0 bridgehead atoms. The molecule has 1 aliphatic carbocycles. The highest BCUT2D eigenvalue weighted by Crippen LogP contribution is 2.24. The van der Waals surface area contributed by atoms with Crippen molar-refractivity contribution >= 4 is 11.6 Å². The molecule has 5 heteroatoms. The summed E-state index contributed by atoms with van der Waals surface area (Å²) in [4.78, 5) is 8.51. The van der Waals surface area contributed by atoms with E-state index in [1.165, 1.54) is 25.7 Å². The zero-order chi connectivity index (χ0) is 13.5. The molecule has 4 N–H and O–H groups in total. The highest BCUT2D eigenvalue weighted by atomic mass is 15.1. The molecule has 1 fully saturated rings. The lowest BCUT2D eigenvalue weighted by atomic mass is 10.1. The zero-order valence-electron chi connectivity index (χ0n) is 11.7. The van der Waals surface area contributed by atoms with Gasteiger partial charge in [0.15, 0.2) is 0 Å². The van der Waals surface area contributed by atoms with Gasteiger partial charge in [0.1, 0.15) is 18.0 Å². The van der Waals surface area contributed by atoms with Crippen molar-refractivity contribution in [3.8, 4) is 0 Å². The Kier molecular flexibility index (Phi) is 5.39. The van der Waals surface area contributed by atoms with Crippen molar-refractivity contribution in [3.05, 3.63) is 12.4 Å². The number of nitrogens with zero attached hydrogens (tertiary/aromatic N) is 2. The van der Waals surface area contributed by atoms with E-state index in [-0.39, 0.29) is 0 Å². The summed E-state index contributed by atoms with van der Waals surface area (Å²) in [6, 6.07) is 2.31. The van der Waals surface area contributed by atoms with Gasteiger partial charge in [-0.3, -0.25) is 0 Å². The van der Waals surface area contributed by atoms with Crippen LogP contribution in [0.5, 0.6) is 0 Å². The molecule has 0 spiro atoms. The fraction of sp³-hybridized carbons (Fsp3) is 0.714. The minimum Gasteiger partial charge on any atom is -0.370 e. The van der Waals surface area contributed by atoms with Crippen LogP contribution in [0.4, 0.5) is 11.6 Å². The zero-order valence-corrected chi connectivity index (χ0v) is 11.7. The highest BCUT2D eigenvalue weighted by molar-refractivity contribution is 5.46. The van der Waals surface area contributed by atoms with Gasteiger partial charge in [0.2, 0.25) is 0 Å². The Hall–Kier alpha value is -1.36.